The van der Waals surface area contributed by atoms with Crippen molar-refractivity contribution < 1.29 is 19.7 Å². The molecule has 150 valence electrons. The zero-order valence-electron chi connectivity index (χ0n) is 16.9. The largest absolute Gasteiger partial charge is 0.491 e. The van der Waals surface area contributed by atoms with Gasteiger partial charge in [0.15, 0.2) is 6.61 Å². The van der Waals surface area contributed by atoms with Gasteiger partial charge in [-0.1, -0.05) is 19.1 Å². The Bertz CT molecular complexity index is 628. The number of allylic oxidation sites excluding steroid dienone is 1. The van der Waals surface area contributed by atoms with Crippen LogP contribution < -0.4 is 0 Å². The van der Waals surface area contributed by atoms with Crippen molar-refractivity contribution in [2.75, 3.05) is 20.7 Å². The summed E-state index contributed by atoms with van der Waals surface area (Å²) in [5.74, 6) is 6.74. The third kappa shape index (κ3) is 5.85. The normalized spacial score (nSPS) is 30.7. The zero-order chi connectivity index (χ0) is 20.0. The summed E-state index contributed by atoms with van der Waals surface area (Å²) < 4.78 is 5.45. The highest BCUT2D eigenvalue weighted by molar-refractivity contribution is 5.76. The Hall–Kier alpha value is -1.77. The second-order valence-corrected chi connectivity index (χ2v) is 8.07. The van der Waals surface area contributed by atoms with Crippen molar-refractivity contribution in [1.29, 1.82) is 0 Å². The Morgan fingerprint density at radius 1 is 1.41 bits per heavy atom. The lowest BCUT2D eigenvalue weighted by atomic mass is 9.89. The van der Waals surface area contributed by atoms with Crippen molar-refractivity contribution in [2.45, 2.75) is 51.7 Å². The van der Waals surface area contributed by atoms with Gasteiger partial charge in [-0.25, -0.2) is 0 Å². The van der Waals surface area contributed by atoms with Gasteiger partial charge in [0.2, 0.25) is 0 Å². The van der Waals surface area contributed by atoms with Gasteiger partial charge in [0.05, 0.1) is 18.5 Å². The molecule has 0 heterocycles. The van der Waals surface area contributed by atoms with Crippen molar-refractivity contribution in [3.63, 3.8) is 0 Å². The fourth-order valence-electron chi connectivity index (χ4n) is 4.04. The minimum absolute atomic E-state index is 0.0581. The molecule has 27 heavy (non-hydrogen) atoms. The summed E-state index contributed by atoms with van der Waals surface area (Å²) in [5, 5.41) is 20.7. The number of ether oxygens (including phenoxy) is 1. The predicted molar refractivity (Wildman–Crippen MR) is 105 cm³/mol. The number of aliphatic hydroxyl groups excluding tert-OH is 2. The molecule has 1 amide bonds. The topological polar surface area (TPSA) is 70.0 Å². The monoisotopic (exact) mass is 375 g/mol. The molecule has 2 N–H and O–H groups in total. The van der Waals surface area contributed by atoms with Crippen LogP contribution in [0.5, 0.6) is 0 Å². The Kier molecular flexibility index (Phi) is 7.94. The maximum Gasteiger partial charge on any atom is 0.259 e. The van der Waals surface area contributed by atoms with Gasteiger partial charge < -0.3 is 19.8 Å². The van der Waals surface area contributed by atoms with E-state index in [2.05, 4.69) is 11.8 Å². The van der Waals surface area contributed by atoms with E-state index in [9.17, 15) is 15.0 Å². The SMILES string of the molecule is CC#CC[C@@H](C)[C@H](O)/C=C/[C@@H]1[C@H]2C/C(=C/OCC(=O)N(C)C)C[C@H]2C[C@H]1O. The number of likely N-dealkylation sites (N-methyl/N-ethyl adjacent to an activating group) is 1. The van der Waals surface area contributed by atoms with Crippen LogP contribution >= 0.6 is 0 Å². The molecule has 0 aromatic carbocycles. The summed E-state index contributed by atoms with van der Waals surface area (Å²) in [6, 6.07) is 0. The highest BCUT2D eigenvalue weighted by Crippen LogP contribution is 2.50. The second-order valence-electron chi connectivity index (χ2n) is 8.07. The van der Waals surface area contributed by atoms with E-state index in [0.717, 1.165) is 19.3 Å². The smallest absolute Gasteiger partial charge is 0.259 e. The lowest BCUT2D eigenvalue weighted by Gasteiger charge is -2.19. The summed E-state index contributed by atoms with van der Waals surface area (Å²) >= 11 is 0. The third-order valence-corrected chi connectivity index (χ3v) is 5.78. The second kappa shape index (κ2) is 9.96. The van der Waals surface area contributed by atoms with Gasteiger partial charge in [0.25, 0.3) is 5.91 Å². The number of rotatable bonds is 7. The van der Waals surface area contributed by atoms with E-state index in [1.807, 2.05) is 19.1 Å². The van der Waals surface area contributed by atoms with E-state index in [1.165, 1.54) is 10.5 Å². The molecule has 2 aliphatic carbocycles. The van der Waals surface area contributed by atoms with Crippen LogP contribution in [0.2, 0.25) is 0 Å². The standard InChI is InChI=1S/C22H33NO4/c1-5-6-7-15(2)20(24)9-8-18-19-11-16(10-17(19)12-21(18)25)13-27-14-22(26)23(3)4/h8-9,13,15,17-21,24-25H,7,10-12,14H2,1-4H3/b9-8+,16-13+/t15-,17+,18-,19+,20-,21-/m1/s1. The van der Waals surface area contributed by atoms with Gasteiger partial charge >= 0.3 is 0 Å². The van der Waals surface area contributed by atoms with Crippen molar-refractivity contribution in [1.82, 2.24) is 4.90 Å². The number of carbonyl (C=O) groups is 1. The molecule has 0 spiro atoms. The van der Waals surface area contributed by atoms with E-state index in [-0.39, 0.29) is 30.5 Å². The van der Waals surface area contributed by atoms with E-state index in [1.54, 1.807) is 27.3 Å². The summed E-state index contributed by atoms with van der Waals surface area (Å²) in [6.07, 6.45) is 7.88. The van der Waals surface area contributed by atoms with E-state index >= 15 is 0 Å². The molecule has 0 aromatic heterocycles. The van der Waals surface area contributed by atoms with Crippen LogP contribution in [-0.2, 0) is 9.53 Å². The molecule has 2 rings (SSSR count). The van der Waals surface area contributed by atoms with Gasteiger partial charge in [-0.3, -0.25) is 4.79 Å². The summed E-state index contributed by atoms with van der Waals surface area (Å²) in [6.45, 7) is 3.84. The molecule has 2 fully saturated rings. The van der Waals surface area contributed by atoms with Gasteiger partial charge in [-0.05, 0) is 49.5 Å². The van der Waals surface area contributed by atoms with Gasteiger partial charge in [-0.15, -0.1) is 11.8 Å². The molecule has 0 bridgehead atoms. The molecule has 0 aromatic rings. The number of nitrogens with zero attached hydrogens (tertiary/aromatic N) is 1. The predicted octanol–water partition coefficient (Wildman–Crippen LogP) is 2.35. The first kappa shape index (κ1) is 21.5. The van der Waals surface area contributed by atoms with Crippen LogP contribution in [0.3, 0.4) is 0 Å². The zero-order valence-corrected chi connectivity index (χ0v) is 16.9. The van der Waals surface area contributed by atoms with Gasteiger partial charge in [0.1, 0.15) is 0 Å². The fourth-order valence-corrected chi connectivity index (χ4v) is 4.04. The number of aliphatic hydroxyl groups is 2. The number of amides is 1. The first-order chi connectivity index (χ1) is 12.8. The van der Waals surface area contributed by atoms with Crippen molar-refractivity contribution in [2.24, 2.45) is 23.7 Å². The number of fused-ring (bicyclic) bond motifs is 1. The Morgan fingerprint density at radius 2 is 2.15 bits per heavy atom. The van der Waals surface area contributed by atoms with Crippen molar-refractivity contribution in [3.8, 4) is 11.8 Å². The van der Waals surface area contributed by atoms with E-state index in [4.69, 9.17) is 4.74 Å². The quantitative estimate of drug-likeness (QED) is 0.407. The lowest BCUT2D eigenvalue weighted by Crippen LogP contribution is -2.25. The minimum Gasteiger partial charge on any atom is -0.491 e. The highest BCUT2D eigenvalue weighted by atomic mass is 16.5. The molecular formula is C22H33NO4. The number of hydrogen-bond acceptors (Lipinski definition) is 4. The summed E-state index contributed by atoms with van der Waals surface area (Å²) in [7, 11) is 3.42. The molecule has 5 nitrogen and oxygen atoms in total. The Morgan fingerprint density at radius 3 is 2.81 bits per heavy atom. The van der Waals surface area contributed by atoms with Crippen LogP contribution in [0.15, 0.2) is 24.0 Å². The summed E-state index contributed by atoms with van der Waals surface area (Å²) in [4.78, 5) is 13.1. The molecule has 6 atom stereocenters. The first-order valence-electron chi connectivity index (χ1n) is 9.77. The van der Waals surface area contributed by atoms with Crippen LogP contribution in [0, 0.1) is 35.5 Å². The summed E-state index contributed by atoms with van der Waals surface area (Å²) in [5.41, 5.74) is 1.20. The van der Waals surface area contributed by atoms with E-state index in [0.29, 0.717) is 18.3 Å². The third-order valence-electron chi connectivity index (χ3n) is 5.78. The Labute approximate surface area is 163 Å². The Balaban J connectivity index is 1.91. The van der Waals surface area contributed by atoms with Crippen LogP contribution in [0.1, 0.15) is 39.5 Å². The molecule has 0 aliphatic heterocycles. The molecule has 2 aliphatic rings. The minimum atomic E-state index is -0.547. The number of hydrogen-bond donors (Lipinski definition) is 2. The molecule has 0 radical (unpaired) electrons. The maximum absolute atomic E-state index is 11.6. The van der Waals surface area contributed by atoms with Crippen molar-refractivity contribution >= 4 is 5.91 Å². The first-order valence-corrected chi connectivity index (χ1v) is 9.77. The average Bonchev–Trinajstić information content (AvgIpc) is 3.13. The molecule has 0 saturated heterocycles. The molecule has 5 heteroatoms. The van der Waals surface area contributed by atoms with Gasteiger partial charge in [0, 0.05) is 26.4 Å². The molecular weight excluding hydrogens is 342 g/mol. The van der Waals surface area contributed by atoms with Crippen molar-refractivity contribution in [3.05, 3.63) is 24.0 Å². The van der Waals surface area contributed by atoms with Crippen LogP contribution in [-0.4, -0.2) is 53.9 Å². The lowest BCUT2D eigenvalue weighted by molar-refractivity contribution is -0.131. The maximum atomic E-state index is 11.6. The molecule has 2 saturated carbocycles. The van der Waals surface area contributed by atoms with Crippen LogP contribution in [0.25, 0.3) is 0 Å². The fraction of sp³-hybridized carbons (Fsp3) is 0.682. The van der Waals surface area contributed by atoms with Crippen LogP contribution in [0.4, 0.5) is 0 Å². The average molecular weight is 376 g/mol. The highest BCUT2D eigenvalue weighted by Gasteiger charge is 2.45. The van der Waals surface area contributed by atoms with Gasteiger partial charge in [-0.2, -0.15) is 0 Å². The molecule has 0 unspecified atom stereocenters. The number of carbonyl (C=O) groups excluding carboxylic acids is 1. The van der Waals surface area contributed by atoms with E-state index < -0.39 is 6.10 Å².